The first-order valence-corrected chi connectivity index (χ1v) is 7.84. The Kier molecular flexibility index (Phi) is 4.24. The minimum atomic E-state index is -3.26. The van der Waals surface area contributed by atoms with Crippen LogP contribution in [-0.4, -0.2) is 33.5 Å². The third-order valence-corrected chi connectivity index (χ3v) is 4.72. The van der Waals surface area contributed by atoms with Crippen LogP contribution in [0.3, 0.4) is 0 Å². The molecule has 100 valence electrons. The summed E-state index contributed by atoms with van der Waals surface area (Å²) in [6.45, 7) is 3.13. The van der Waals surface area contributed by atoms with Crippen molar-refractivity contribution in [2.75, 3.05) is 19.0 Å². The molecule has 18 heavy (non-hydrogen) atoms. The largest absolute Gasteiger partial charge is 0.494 e. The first kappa shape index (κ1) is 13.4. The lowest BCUT2D eigenvalue weighted by Gasteiger charge is -2.10. The van der Waals surface area contributed by atoms with Crippen molar-refractivity contribution >= 4 is 9.84 Å². The van der Waals surface area contributed by atoms with Crippen LogP contribution in [0.4, 0.5) is 0 Å². The SMILES string of the molecule is CCOc1ccc(S(=O)(=O)C[C@H]2CCCO2)cc1. The number of ether oxygens (including phenoxy) is 2. The van der Waals surface area contributed by atoms with E-state index in [-0.39, 0.29) is 11.9 Å². The van der Waals surface area contributed by atoms with Gasteiger partial charge in [-0.05, 0) is 44.0 Å². The Hall–Kier alpha value is -1.07. The third kappa shape index (κ3) is 3.23. The molecule has 1 atom stereocenters. The van der Waals surface area contributed by atoms with Crippen molar-refractivity contribution in [1.29, 1.82) is 0 Å². The molecular weight excluding hydrogens is 252 g/mol. The third-order valence-electron chi connectivity index (χ3n) is 2.92. The van der Waals surface area contributed by atoms with Crippen LogP contribution < -0.4 is 4.74 Å². The molecule has 0 amide bonds. The van der Waals surface area contributed by atoms with Gasteiger partial charge in [-0.2, -0.15) is 0 Å². The van der Waals surface area contributed by atoms with Gasteiger partial charge in [0.25, 0.3) is 0 Å². The number of hydrogen-bond acceptors (Lipinski definition) is 4. The van der Waals surface area contributed by atoms with Gasteiger partial charge in [0, 0.05) is 6.61 Å². The number of benzene rings is 1. The summed E-state index contributed by atoms with van der Waals surface area (Å²) < 4.78 is 34.9. The molecule has 0 aromatic heterocycles. The highest BCUT2D eigenvalue weighted by Gasteiger charge is 2.24. The van der Waals surface area contributed by atoms with Crippen LogP contribution >= 0.6 is 0 Å². The predicted molar refractivity (Wildman–Crippen MR) is 68.6 cm³/mol. The average Bonchev–Trinajstić information content (AvgIpc) is 2.82. The molecule has 1 saturated heterocycles. The van der Waals surface area contributed by atoms with Crippen LogP contribution in [-0.2, 0) is 14.6 Å². The predicted octanol–water partition coefficient (Wildman–Crippen LogP) is 2.04. The van der Waals surface area contributed by atoms with E-state index < -0.39 is 9.84 Å². The summed E-state index contributed by atoms with van der Waals surface area (Å²) in [6, 6.07) is 6.56. The van der Waals surface area contributed by atoms with Crippen molar-refractivity contribution in [2.45, 2.75) is 30.8 Å². The van der Waals surface area contributed by atoms with E-state index in [2.05, 4.69) is 0 Å². The maximum absolute atomic E-state index is 12.1. The second-order valence-electron chi connectivity index (χ2n) is 4.32. The molecule has 1 aliphatic heterocycles. The van der Waals surface area contributed by atoms with Gasteiger partial charge >= 0.3 is 0 Å². The van der Waals surface area contributed by atoms with E-state index in [0.717, 1.165) is 12.8 Å². The van der Waals surface area contributed by atoms with E-state index in [0.29, 0.717) is 23.9 Å². The average molecular weight is 270 g/mol. The Bertz CT molecular complexity index is 472. The molecule has 0 spiro atoms. The Morgan fingerprint density at radius 2 is 2.06 bits per heavy atom. The highest BCUT2D eigenvalue weighted by Crippen LogP contribution is 2.21. The van der Waals surface area contributed by atoms with E-state index in [1.165, 1.54) is 0 Å². The summed E-state index contributed by atoms with van der Waals surface area (Å²) in [6.07, 6.45) is 1.63. The van der Waals surface area contributed by atoms with E-state index in [4.69, 9.17) is 9.47 Å². The molecule has 1 aromatic rings. The van der Waals surface area contributed by atoms with Gasteiger partial charge in [-0.25, -0.2) is 8.42 Å². The molecule has 1 aliphatic rings. The highest BCUT2D eigenvalue weighted by molar-refractivity contribution is 7.91. The molecule has 1 aromatic carbocycles. The van der Waals surface area contributed by atoms with Crippen molar-refractivity contribution < 1.29 is 17.9 Å². The fourth-order valence-electron chi connectivity index (χ4n) is 2.03. The summed E-state index contributed by atoms with van der Waals surface area (Å²) in [7, 11) is -3.26. The summed E-state index contributed by atoms with van der Waals surface area (Å²) in [5.74, 6) is 0.759. The summed E-state index contributed by atoms with van der Waals surface area (Å²) >= 11 is 0. The highest BCUT2D eigenvalue weighted by atomic mass is 32.2. The standard InChI is InChI=1S/C13H18O4S/c1-2-16-11-5-7-13(8-6-11)18(14,15)10-12-4-3-9-17-12/h5-8,12H,2-4,9-10H2,1H3/t12-/m1/s1. The van der Waals surface area contributed by atoms with Crippen molar-refractivity contribution in [2.24, 2.45) is 0 Å². The van der Waals surface area contributed by atoms with Crippen LogP contribution in [0.2, 0.25) is 0 Å². The fourth-order valence-corrected chi connectivity index (χ4v) is 3.52. The molecular formula is C13H18O4S. The maximum Gasteiger partial charge on any atom is 0.180 e. The molecule has 0 N–H and O–H groups in total. The van der Waals surface area contributed by atoms with Crippen LogP contribution in [0.5, 0.6) is 5.75 Å². The lowest BCUT2D eigenvalue weighted by atomic mass is 10.3. The smallest absolute Gasteiger partial charge is 0.180 e. The van der Waals surface area contributed by atoms with Gasteiger partial charge in [0.05, 0.1) is 23.4 Å². The summed E-state index contributed by atoms with van der Waals surface area (Å²) in [5, 5.41) is 0. The Morgan fingerprint density at radius 3 is 2.61 bits per heavy atom. The first-order chi connectivity index (χ1) is 8.62. The molecule has 2 rings (SSSR count). The normalized spacial score (nSPS) is 19.9. The molecule has 0 saturated carbocycles. The van der Waals surface area contributed by atoms with E-state index in [1.807, 2.05) is 6.92 Å². The minimum absolute atomic E-state index is 0.0704. The van der Waals surface area contributed by atoms with Crippen molar-refractivity contribution in [3.05, 3.63) is 24.3 Å². The molecule has 0 aliphatic carbocycles. The van der Waals surface area contributed by atoms with Crippen LogP contribution in [0.25, 0.3) is 0 Å². The van der Waals surface area contributed by atoms with Gasteiger partial charge in [-0.1, -0.05) is 0 Å². The molecule has 0 bridgehead atoms. The molecule has 5 heteroatoms. The Morgan fingerprint density at radius 1 is 1.33 bits per heavy atom. The van der Waals surface area contributed by atoms with Crippen molar-refractivity contribution in [3.8, 4) is 5.75 Å². The topological polar surface area (TPSA) is 52.6 Å². The lowest BCUT2D eigenvalue weighted by molar-refractivity contribution is 0.127. The quantitative estimate of drug-likeness (QED) is 0.821. The fraction of sp³-hybridized carbons (Fsp3) is 0.538. The molecule has 0 unspecified atom stereocenters. The van der Waals surface area contributed by atoms with Crippen LogP contribution in [0.1, 0.15) is 19.8 Å². The van der Waals surface area contributed by atoms with Gasteiger partial charge in [-0.15, -0.1) is 0 Å². The van der Waals surface area contributed by atoms with Crippen molar-refractivity contribution in [3.63, 3.8) is 0 Å². The summed E-state index contributed by atoms with van der Waals surface area (Å²) in [4.78, 5) is 0.335. The zero-order valence-corrected chi connectivity index (χ0v) is 11.3. The van der Waals surface area contributed by atoms with Gasteiger partial charge in [0.1, 0.15) is 5.75 Å². The zero-order valence-electron chi connectivity index (χ0n) is 10.5. The van der Waals surface area contributed by atoms with E-state index >= 15 is 0 Å². The Balaban J connectivity index is 2.08. The van der Waals surface area contributed by atoms with Gasteiger partial charge < -0.3 is 9.47 Å². The number of sulfone groups is 1. The van der Waals surface area contributed by atoms with Gasteiger partial charge in [0.2, 0.25) is 0 Å². The van der Waals surface area contributed by atoms with Crippen molar-refractivity contribution in [1.82, 2.24) is 0 Å². The van der Waals surface area contributed by atoms with Gasteiger partial charge in [0.15, 0.2) is 9.84 Å². The monoisotopic (exact) mass is 270 g/mol. The second-order valence-corrected chi connectivity index (χ2v) is 6.36. The van der Waals surface area contributed by atoms with E-state index in [9.17, 15) is 8.42 Å². The van der Waals surface area contributed by atoms with Gasteiger partial charge in [-0.3, -0.25) is 0 Å². The van der Waals surface area contributed by atoms with E-state index in [1.54, 1.807) is 24.3 Å². The maximum atomic E-state index is 12.1. The lowest BCUT2D eigenvalue weighted by Crippen LogP contribution is -2.20. The molecule has 4 nitrogen and oxygen atoms in total. The minimum Gasteiger partial charge on any atom is -0.494 e. The Labute approximate surface area is 108 Å². The summed E-state index contributed by atoms with van der Waals surface area (Å²) in [5.41, 5.74) is 0. The van der Waals surface area contributed by atoms with Crippen LogP contribution in [0, 0.1) is 0 Å². The first-order valence-electron chi connectivity index (χ1n) is 6.19. The second kappa shape index (κ2) is 5.71. The number of rotatable bonds is 5. The number of hydrogen-bond donors (Lipinski definition) is 0. The van der Waals surface area contributed by atoms with Crippen LogP contribution in [0.15, 0.2) is 29.2 Å². The molecule has 1 heterocycles. The molecule has 1 fully saturated rings. The molecule has 0 radical (unpaired) electrons. The zero-order chi connectivity index (χ0) is 13.0.